The van der Waals surface area contributed by atoms with Crippen LogP contribution in [0.15, 0.2) is 63.3 Å². The Morgan fingerprint density at radius 1 is 1.30 bits per heavy atom. The van der Waals surface area contributed by atoms with Gasteiger partial charge >= 0.3 is 0 Å². The monoisotopic (exact) mass is 417 g/mol. The molecule has 0 radical (unpaired) electrons. The van der Waals surface area contributed by atoms with Crippen LogP contribution in [0.3, 0.4) is 0 Å². The van der Waals surface area contributed by atoms with Gasteiger partial charge in [-0.2, -0.15) is 0 Å². The SMILES string of the molecule is COc1ccccc1C(C)=CC(=O)Nc1ccc(Sc2nncs2)c(Cl)c1. The molecule has 0 bridgehead atoms. The van der Waals surface area contributed by atoms with Crippen molar-refractivity contribution in [3.05, 3.63) is 64.6 Å². The first kappa shape index (κ1) is 19.4. The minimum atomic E-state index is -0.237. The van der Waals surface area contributed by atoms with Crippen LogP contribution in [-0.4, -0.2) is 23.2 Å². The fourth-order valence-electron chi connectivity index (χ4n) is 2.39. The Balaban J connectivity index is 1.71. The Hall–Kier alpha value is -2.35. The lowest BCUT2D eigenvalue weighted by Crippen LogP contribution is -2.08. The summed E-state index contributed by atoms with van der Waals surface area (Å²) in [6, 6.07) is 12.9. The number of aromatic nitrogens is 2. The second kappa shape index (κ2) is 9.03. The van der Waals surface area contributed by atoms with Gasteiger partial charge in [0.05, 0.1) is 12.1 Å². The zero-order valence-electron chi connectivity index (χ0n) is 14.6. The summed E-state index contributed by atoms with van der Waals surface area (Å²) in [6.07, 6.45) is 1.54. The van der Waals surface area contributed by atoms with Crippen molar-refractivity contribution in [2.45, 2.75) is 16.2 Å². The summed E-state index contributed by atoms with van der Waals surface area (Å²) in [5.41, 5.74) is 3.97. The maximum atomic E-state index is 12.4. The van der Waals surface area contributed by atoms with Crippen molar-refractivity contribution in [1.29, 1.82) is 0 Å². The lowest BCUT2D eigenvalue weighted by molar-refractivity contribution is -0.111. The van der Waals surface area contributed by atoms with E-state index in [1.165, 1.54) is 29.2 Å². The molecule has 0 fully saturated rings. The van der Waals surface area contributed by atoms with Crippen LogP contribution in [-0.2, 0) is 4.79 Å². The van der Waals surface area contributed by atoms with Crippen LogP contribution in [0.5, 0.6) is 5.75 Å². The maximum Gasteiger partial charge on any atom is 0.248 e. The molecule has 1 N–H and O–H groups in total. The largest absolute Gasteiger partial charge is 0.496 e. The van der Waals surface area contributed by atoms with E-state index in [1.807, 2.05) is 37.3 Å². The van der Waals surface area contributed by atoms with Crippen LogP contribution in [0.1, 0.15) is 12.5 Å². The summed E-state index contributed by atoms with van der Waals surface area (Å²) in [4.78, 5) is 13.2. The van der Waals surface area contributed by atoms with E-state index in [4.69, 9.17) is 16.3 Å². The van der Waals surface area contributed by atoms with E-state index >= 15 is 0 Å². The first-order valence-corrected chi connectivity index (χ1v) is 10.0. The Morgan fingerprint density at radius 2 is 2.11 bits per heavy atom. The molecular formula is C19H16ClN3O2S2. The highest BCUT2D eigenvalue weighted by Gasteiger charge is 2.09. The van der Waals surface area contributed by atoms with Crippen molar-refractivity contribution in [3.63, 3.8) is 0 Å². The fourth-order valence-corrected chi connectivity index (χ4v) is 4.12. The lowest BCUT2D eigenvalue weighted by Gasteiger charge is -2.09. The molecule has 1 amide bonds. The summed E-state index contributed by atoms with van der Waals surface area (Å²) in [6.45, 7) is 1.87. The third kappa shape index (κ3) is 5.09. The highest BCUT2D eigenvalue weighted by molar-refractivity contribution is 8.01. The zero-order chi connectivity index (χ0) is 19.2. The van der Waals surface area contributed by atoms with Gasteiger partial charge in [-0.15, -0.1) is 10.2 Å². The average molecular weight is 418 g/mol. The van der Waals surface area contributed by atoms with E-state index in [9.17, 15) is 4.79 Å². The third-order valence-electron chi connectivity index (χ3n) is 3.62. The summed E-state index contributed by atoms with van der Waals surface area (Å²) in [7, 11) is 1.61. The van der Waals surface area contributed by atoms with Gasteiger partial charge in [-0.25, -0.2) is 0 Å². The maximum absolute atomic E-state index is 12.4. The normalized spacial score (nSPS) is 11.3. The van der Waals surface area contributed by atoms with Crippen molar-refractivity contribution in [1.82, 2.24) is 10.2 Å². The van der Waals surface area contributed by atoms with E-state index in [-0.39, 0.29) is 5.91 Å². The topological polar surface area (TPSA) is 64.1 Å². The lowest BCUT2D eigenvalue weighted by atomic mass is 10.1. The van der Waals surface area contributed by atoms with Gasteiger partial charge in [0.2, 0.25) is 5.91 Å². The standard InChI is InChI=1S/C19H16ClN3O2S2/c1-12(14-5-3-4-6-16(14)25-2)9-18(24)22-13-7-8-17(15(20)10-13)27-19-23-21-11-26-19/h3-11H,1-2H3,(H,22,24). The van der Waals surface area contributed by atoms with Crippen LogP contribution < -0.4 is 10.1 Å². The number of allylic oxidation sites excluding steroid dienone is 1. The van der Waals surface area contributed by atoms with Crippen LogP contribution in [0.4, 0.5) is 5.69 Å². The smallest absolute Gasteiger partial charge is 0.248 e. The van der Waals surface area contributed by atoms with E-state index in [2.05, 4.69) is 15.5 Å². The number of nitrogens with zero attached hydrogens (tertiary/aromatic N) is 2. The fraction of sp³-hybridized carbons (Fsp3) is 0.105. The molecule has 8 heteroatoms. The number of halogens is 1. The Bertz CT molecular complexity index is 975. The van der Waals surface area contributed by atoms with Crippen molar-refractivity contribution >= 4 is 51.9 Å². The molecule has 1 aromatic heterocycles. The van der Waals surface area contributed by atoms with E-state index in [1.54, 1.807) is 24.8 Å². The summed E-state index contributed by atoms with van der Waals surface area (Å²) >= 11 is 9.20. The van der Waals surface area contributed by atoms with Crippen LogP contribution >= 0.6 is 34.7 Å². The molecule has 2 aromatic carbocycles. The molecule has 3 aromatic rings. The predicted molar refractivity (Wildman–Crippen MR) is 111 cm³/mol. The highest BCUT2D eigenvalue weighted by atomic mass is 35.5. The summed E-state index contributed by atoms with van der Waals surface area (Å²) in [5.74, 6) is 0.485. The van der Waals surface area contributed by atoms with Crippen molar-refractivity contribution in [3.8, 4) is 5.75 Å². The Labute approximate surface area is 170 Å². The van der Waals surface area contributed by atoms with Crippen LogP contribution in [0.2, 0.25) is 5.02 Å². The van der Waals surface area contributed by atoms with Gasteiger partial charge < -0.3 is 10.1 Å². The molecule has 0 aliphatic heterocycles. The number of hydrogen-bond acceptors (Lipinski definition) is 6. The molecule has 0 aliphatic rings. The van der Waals surface area contributed by atoms with Gasteiger partial charge in [0, 0.05) is 22.2 Å². The molecule has 138 valence electrons. The molecule has 1 heterocycles. The van der Waals surface area contributed by atoms with Crippen molar-refractivity contribution in [2.24, 2.45) is 0 Å². The molecule has 0 atom stereocenters. The van der Waals surface area contributed by atoms with Gasteiger partial charge in [-0.3, -0.25) is 4.79 Å². The molecular weight excluding hydrogens is 402 g/mol. The summed E-state index contributed by atoms with van der Waals surface area (Å²) in [5, 5.41) is 11.2. The molecule has 5 nitrogen and oxygen atoms in total. The number of rotatable bonds is 6. The Morgan fingerprint density at radius 3 is 2.81 bits per heavy atom. The number of para-hydroxylation sites is 1. The van der Waals surface area contributed by atoms with Crippen molar-refractivity contribution < 1.29 is 9.53 Å². The van der Waals surface area contributed by atoms with Gasteiger partial charge in [-0.1, -0.05) is 52.9 Å². The number of nitrogens with one attached hydrogen (secondary N) is 1. The van der Waals surface area contributed by atoms with E-state index < -0.39 is 0 Å². The van der Waals surface area contributed by atoms with Crippen molar-refractivity contribution in [2.75, 3.05) is 12.4 Å². The van der Waals surface area contributed by atoms with Gasteiger partial charge in [-0.05, 0) is 36.8 Å². The quantitative estimate of drug-likeness (QED) is 0.544. The number of amides is 1. The average Bonchev–Trinajstić information content (AvgIpc) is 3.17. The number of carbonyl (C=O) groups excluding carboxylic acids is 1. The highest BCUT2D eigenvalue weighted by Crippen LogP contribution is 2.35. The predicted octanol–water partition coefficient (Wildman–Crippen LogP) is 5.39. The second-order valence-corrected chi connectivity index (χ2v) is 8.00. The number of hydrogen-bond donors (Lipinski definition) is 1. The molecule has 0 aliphatic carbocycles. The number of methoxy groups -OCH3 is 1. The number of benzene rings is 2. The van der Waals surface area contributed by atoms with E-state index in [0.29, 0.717) is 10.7 Å². The Kier molecular flexibility index (Phi) is 6.49. The molecule has 0 saturated carbocycles. The molecule has 0 saturated heterocycles. The molecule has 3 rings (SSSR count). The first-order valence-electron chi connectivity index (χ1n) is 7.93. The number of ether oxygens (including phenoxy) is 1. The third-order valence-corrected chi connectivity index (χ3v) is 5.89. The van der Waals surface area contributed by atoms with Gasteiger partial charge in [0.15, 0.2) is 4.34 Å². The first-order chi connectivity index (χ1) is 13.1. The molecule has 0 unspecified atom stereocenters. The van der Waals surface area contributed by atoms with Gasteiger partial charge in [0.25, 0.3) is 0 Å². The molecule has 0 spiro atoms. The van der Waals surface area contributed by atoms with Gasteiger partial charge in [0.1, 0.15) is 11.3 Å². The summed E-state index contributed by atoms with van der Waals surface area (Å²) < 4.78 is 6.15. The zero-order valence-corrected chi connectivity index (χ0v) is 17.0. The minimum Gasteiger partial charge on any atom is -0.496 e. The minimum absolute atomic E-state index is 0.237. The van der Waals surface area contributed by atoms with Crippen LogP contribution in [0, 0.1) is 0 Å². The number of anilines is 1. The number of carbonyl (C=O) groups is 1. The van der Waals surface area contributed by atoms with Crippen LogP contribution in [0.25, 0.3) is 5.57 Å². The van der Waals surface area contributed by atoms with E-state index in [0.717, 1.165) is 26.1 Å². The second-order valence-electron chi connectivity index (χ2n) is 5.47. The molecule has 27 heavy (non-hydrogen) atoms.